The van der Waals surface area contributed by atoms with E-state index in [4.69, 9.17) is 19.2 Å². The van der Waals surface area contributed by atoms with Gasteiger partial charge in [0.1, 0.15) is 17.4 Å². The summed E-state index contributed by atoms with van der Waals surface area (Å²) in [5.41, 5.74) is 2.70. The number of nitrogens with zero attached hydrogens (tertiary/aromatic N) is 1. The Morgan fingerprint density at radius 1 is 1.08 bits per heavy atom. The predicted octanol–water partition coefficient (Wildman–Crippen LogP) is 3.47. The van der Waals surface area contributed by atoms with Crippen LogP contribution in [0.5, 0.6) is 11.5 Å². The predicted molar refractivity (Wildman–Crippen MR) is 100 cm³/mol. The summed E-state index contributed by atoms with van der Waals surface area (Å²) < 4.78 is 15.9. The van der Waals surface area contributed by atoms with Crippen molar-refractivity contribution in [3.63, 3.8) is 0 Å². The number of methoxy groups -OCH3 is 2. The molecule has 2 unspecified atom stereocenters. The molecule has 0 aliphatic carbocycles. The number of ether oxygens (including phenoxy) is 3. The van der Waals surface area contributed by atoms with Gasteiger partial charge in [-0.2, -0.15) is 0 Å². The van der Waals surface area contributed by atoms with Gasteiger partial charge in [-0.25, -0.2) is 0 Å². The summed E-state index contributed by atoms with van der Waals surface area (Å²) in [6, 6.07) is 15.4. The van der Waals surface area contributed by atoms with E-state index in [2.05, 4.69) is 0 Å². The maximum atomic E-state index is 12.7. The Balaban J connectivity index is 1.95. The highest BCUT2D eigenvalue weighted by atomic mass is 16.5. The van der Waals surface area contributed by atoms with Crippen LogP contribution >= 0.6 is 0 Å². The van der Waals surface area contributed by atoms with Crippen LogP contribution in [-0.4, -0.2) is 39.1 Å². The number of benzene rings is 2. The first kappa shape index (κ1) is 18.0. The Morgan fingerprint density at radius 3 is 2.46 bits per heavy atom. The number of hydrogen-bond donors (Lipinski definition) is 0. The van der Waals surface area contributed by atoms with Crippen LogP contribution in [0.3, 0.4) is 0 Å². The minimum absolute atomic E-state index is 0.0683. The quantitative estimate of drug-likeness (QED) is 0.746. The molecule has 2 aromatic carbocycles. The highest BCUT2D eigenvalue weighted by Crippen LogP contribution is 2.36. The van der Waals surface area contributed by atoms with Crippen molar-refractivity contribution >= 4 is 11.7 Å². The lowest BCUT2D eigenvalue weighted by Gasteiger charge is -2.20. The van der Waals surface area contributed by atoms with Crippen molar-refractivity contribution in [2.45, 2.75) is 12.8 Å². The SMILES string of the molecule is CCOC(=O)C1C(c2ccc(OC)cc2)=NCC1c1cccc(OC)c1. The van der Waals surface area contributed by atoms with Gasteiger partial charge in [0.15, 0.2) is 0 Å². The first-order chi connectivity index (χ1) is 12.7. The van der Waals surface area contributed by atoms with E-state index in [-0.39, 0.29) is 11.9 Å². The third kappa shape index (κ3) is 3.57. The van der Waals surface area contributed by atoms with Gasteiger partial charge in [-0.15, -0.1) is 0 Å². The van der Waals surface area contributed by atoms with E-state index in [0.29, 0.717) is 13.2 Å². The Morgan fingerprint density at radius 2 is 1.81 bits per heavy atom. The van der Waals surface area contributed by atoms with Crippen LogP contribution in [0, 0.1) is 5.92 Å². The zero-order chi connectivity index (χ0) is 18.5. The number of carbonyl (C=O) groups excluding carboxylic acids is 1. The number of rotatable bonds is 6. The van der Waals surface area contributed by atoms with Crippen molar-refractivity contribution in [1.29, 1.82) is 0 Å². The number of carbonyl (C=O) groups is 1. The first-order valence-electron chi connectivity index (χ1n) is 8.67. The Bertz CT molecular complexity index is 798. The molecular weight excluding hydrogens is 330 g/mol. The summed E-state index contributed by atoms with van der Waals surface area (Å²) in [6.45, 7) is 2.70. The average molecular weight is 353 g/mol. The van der Waals surface area contributed by atoms with Gasteiger partial charge in [0.2, 0.25) is 0 Å². The topological polar surface area (TPSA) is 57.1 Å². The van der Waals surface area contributed by atoms with Gasteiger partial charge in [-0.3, -0.25) is 9.79 Å². The van der Waals surface area contributed by atoms with Crippen LogP contribution in [0.4, 0.5) is 0 Å². The van der Waals surface area contributed by atoms with Crippen molar-refractivity contribution in [3.8, 4) is 11.5 Å². The minimum Gasteiger partial charge on any atom is -0.497 e. The van der Waals surface area contributed by atoms with Gasteiger partial charge in [0.05, 0.1) is 26.5 Å². The summed E-state index contributed by atoms with van der Waals surface area (Å²) in [6.07, 6.45) is 0. The standard InChI is InChI=1S/C21H23NO4/c1-4-26-21(23)19-18(15-6-5-7-17(12-15)25-3)13-22-20(19)14-8-10-16(24-2)11-9-14/h5-12,18-19H,4,13H2,1-3H3. The molecule has 0 spiro atoms. The summed E-state index contributed by atoms with van der Waals surface area (Å²) in [7, 11) is 3.26. The monoisotopic (exact) mass is 353 g/mol. The van der Waals surface area contributed by atoms with Crippen molar-refractivity contribution in [2.24, 2.45) is 10.9 Å². The van der Waals surface area contributed by atoms with Gasteiger partial charge in [0.25, 0.3) is 0 Å². The number of aliphatic imine (C=N–C) groups is 1. The molecule has 0 saturated carbocycles. The zero-order valence-electron chi connectivity index (χ0n) is 15.3. The van der Waals surface area contributed by atoms with Gasteiger partial charge < -0.3 is 14.2 Å². The molecule has 0 saturated heterocycles. The van der Waals surface area contributed by atoms with E-state index in [9.17, 15) is 4.79 Å². The smallest absolute Gasteiger partial charge is 0.315 e. The number of esters is 1. The van der Waals surface area contributed by atoms with E-state index >= 15 is 0 Å². The largest absolute Gasteiger partial charge is 0.497 e. The highest BCUT2D eigenvalue weighted by Gasteiger charge is 2.39. The fourth-order valence-electron chi connectivity index (χ4n) is 3.30. The molecule has 1 aliphatic rings. The lowest BCUT2D eigenvalue weighted by molar-refractivity contribution is -0.145. The third-order valence-electron chi connectivity index (χ3n) is 4.60. The van der Waals surface area contributed by atoms with Crippen molar-refractivity contribution in [2.75, 3.05) is 27.4 Å². The summed E-state index contributed by atoms with van der Waals surface area (Å²) in [5.74, 6) is 0.788. The van der Waals surface area contributed by atoms with Crippen LogP contribution < -0.4 is 9.47 Å². The highest BCUT2D eigenvalue weighted by molar-refractivity contribution is 6.13. The molecule has 1 aliphatic heterocycles. The Labute approximate surface area is 153 Å². The Kier molecular flexibility index (Phi) is 5.56. The molecule has 2 atom stereocenters. The maximum absolute atomic E-state index is 12.7. The summed E-state index contributed by atoms with van der Waals surface area (Å²) in [5, 5.41) is 0. The maximum Gasteiger partial charge on any atom is 0.315 e. The minimum atomic E-state index is -0.435. The average Bonchev–Trinajstić information content (AvgIpc) is 3.13. The molecule has 0 bridgehead atoms. The van der Waals surface area contributed by atoms with Crippen LogP contribution in [-0.2, 0) is 9.53 Å². The summed E-state index contributed by atoms with van der Waals surface area (Å²) >= 11 is 0. The molecule has 0 fully saturated rings. The normalized spacial score (nSPS) is 19.0. The fraction of sp³-hybridized carbons (Fsp3) is 0.333. The van der Waals surface area contributed by atoms with Gasteiger partial charge in [0, 0.05) is 12.5 Å². The molecular formula is C21H23NO4. The second kappa shape index (κ2) is 8.04. The molecule has 1 heterocycles. The molecule has 3 rings (SSSR count). The summed E-state index contributed by atoms with van der Waals surface area (Å²) in [4.78, 5) is 17.4. The molecule has 0 aromatic heterocycles. The van der Waals surface area contributed by atoms with Crippen LogP contribution in [0.1, 0.15) is 24.0 Å². The van der Waals surface area contributed by atoms with E-state index in [1.54, 1.807) is 14.2 Å². The van der Waals surface area contributed by atoms with Gasteiger partial charge in [-0.05, 0) is 54.4 Å². The fourth-order valence-corrected chi connectivity index (χ4v) is 3.30. The lowest BCUT2D eigenvalue weighted by Crippen LogP contribution is -2.29. The van der Waals surface area contributed by atoms with Crippen LogP contribution in [0.15, 0.2) is 53.5 Å². The molecule has 0 amide bonds. The molecule has 0 N–H and O–H groups in total. The van der Waals surface area contributed by atoms with Crippen molar-refractivity contribution in [1.82, 2.24) is 0 Å². The third-order valence-corrected chi connectivity index (χ3v) is 4.60. The van der Waals surface area contributed by atoms with Crippen LogP contribution in [0.2, 0.25) is 0 Å². The van der Waals surface area contributed by atoms with E-state index in [0.717, 1.165) is 28.3 Å². The Hall–Kier alpha value is -2.82. The second-order valence-corrected chi connectivity index (χ2v) is 6.07. The molecule has 0 radical (unpaired) electrons. The zero-order valence-corrected chi connectivity index (χ0v) is 15.3. The van der Waals surface area contributed by atoms with Crippen LogP contribution in [0.25, 0.3) is 0 Å². The van der Waals surface area contributed by atoms with Gasteiger partial charge >= 0.3 is 5.97 Å². The molecule has 136 valence electrons. The van der Waals surface area contributed by atoms with E-state index in [1.807, 2.05) is 55.5 Å². The lowest BCUT2D eigenvalue weighted by atomic mass is 9.83. The second-order valence-electron chi connectivity index (χ2n) is 6.07. The van der Waals surface area contributed by atoms with E-state index in [1.165, 1.54) is 0 Å². The molecule has 5 nitrogen and oxygen atoms in total. The number of hydrogen-bond acceptors (Lipinski definition) is 5. The van der Waals surface area contributed by atoms with Crippen molar-refractivity contribution < 1.29 is 19.0 Å². The first-order valence-corrected chi connectivity index (χ1v) is 8.67. The van der Waals surface area contributed by atoms with E-state index < -0.39 is 5.92 Å². The molecule has 5 heteroatoms. The van der Waals surface area contributed by atoms with Crippen molar-refractivity contribution in [3.05, 3.63) is 59.7 Å². The van der Waals surface area contributed by atoms with Gasteiger partial charge in [-0.1, -0.05) is 12.1 Å². The molecule has 26 heavy (non-hydrogen) atoms. The molecule has 2 aromatic rings.